The second kappa shape index (κ2) is 24.1. The molecule has 6 nitrogen and oxygen atoms in total. The fourth-order valence-corrected chi connectivity index (χ4v) is 4.66. The van der Waals surface area contributed by atoms with Crippen LogP contribution in [0.1, 0.15) is 97.4 Å². The van der Waals surface area contributed by atoms with Crippen molar-refractivity contribution >= 4 is 5.91 Å². The molecule has 0 spiro atoms. The average Bonchev–Trinajstić information content (AvgIpc) is 3.61. The van der Waals surface area contributed by atoms with Crippen molar-refractivity contribution in [2.75, 3.05) is 26.7 Å². The van der Waals surface area contributed by atoms with E-state index in [4.69, 9.17) is 4.42 Å². The summed E-state index contributed by atoms with van der Waals surface area (Å²) < 4.78 is 18.5. The Morgan fingerprint density at radius 1 is 0.938 bits per heavy atom. The molecule has 0 saturated heterocycles. The predicted molar refractivity (Wildman–Crippen MR) is 199 cm³/mol. The molecule has 0 radical (unpaired) electrons. The van der Waals surface area contributed by atoms with Crippen LogP contribution >= 0.6 is 0 Å². The van der Waals surface area contributed by atoms with E-state index in [-0.39, 0.29) is 11.7 Å². The van der Waals surface area contributed by atoms with Gasteiger partial charge in [-0.1, -0.05) is 56.7 Å². The number of nitrogens with one attached hydrogen (secondary N) is 1. The number of aryl methyl sites for hydroxylation is 7. The number of carbonyl (C=O) groups excluding carboxylic acids is 1. The molecule has 0 aliphatic carbocycles. The summed E-state index contributed by atoms with van der Waals surface area (Å²) in [6.07, 6.45) is 10.3. The van der Waals surface area contributed by atoms with E-state index in [2.05, 4.69) is 54.0 Å². The van der Waals surface area contributed by atoms with Gasteiger partial charge in [0.15, 0.2) is 5.89 Å². The number of hydrogen-bond donors (Lipinski definition) is 1. The lowest BCUT2D eigenvalue weighted by Crippen LogP contribution is -2.27. The summed E-state index contributed by atoms with van der Waals surface area (Å²) in [5.74, 6) is 0.663. The Labute approximate surface area is 289 Å². The van der Waals surface area contributed by atoms with Crippen LogP contribution in [0, 0.1) is 33.5 Å². The number of pyridine rings is 1. The number of hydrogen-bond acceptors (Lipinski definition) is 5. The number of aromatic nitrogens is 2. The number of oxazole rings is 1. The molecule has 2 aromatic carbocycles. The number of carbonyl (C=O) groups is 1. The van der Waals surface area contributed by atoms with Crippen molar-refractivity contribution < 1.29 is 13.6 Å². The van der Waals surface area contributed by atoms with Crippen molar-refractivity contribution in [1.29, 1.82) is 0 Å². The van der Waals surface area contributed by atoms with Crippen molar-refractivity contribution in [3.63, 3.8) is 0 Å². The number of amides is 1. The van der Waals surface area contributed by atoms with Crippen molar-refractivity contribution in [3.05, 3.63) is 130 Å². The number of allylic oxidation sites excluding steroid dienone is 1. The van der Waals surface area contributed by atoms with E-state index >= 15 is 0 Å². The molecule has 2 aromatic heterocycles. The zero-order valence-corrected chi connectivity index (χ0v) is 31.1. The van der Waals surface area contributed by atoms with Crippen LogP contribution in [0.4, 0.5) is 4.39 Å². The highest BCUT2D eigenvalue weighted by Gasteiger charge is 2.05. The predicted octanol–water partition coefficient (Wildman–Crippen LogP) is 9.60. The molecule has 1 amide bonds. The van der Waals surface area contributed by atoms with Gasteiger partial charge >= 0.3 is 0 Å². The molecule has 0 aliphatic heterocycles. The Morgan fingerprint density at radius 3 is 2.15 bits per heavy atom. The molecule has 1 N–H and O–H groups in total. The van der Waals surface area contributed by atoms with E-state index in [1.54, 1.807) is 25.6 Å². The van der Waals surface area contributed by atoms with E-state index in [1.807, 2.05) is 83.1 Å². The van der Waals surface area contributed by atoms with Gasteiger partial charge in [0.1, 0.15) is 12.1 Å². The highest BCUT2D eigenvalue weighted by molar-refractivity contribution is 5.94. The molecule has 0 unspecified atom stereocenters. The van der Waals surface area contributed by atoms with Crippen LogP contribution in [0.5, 0.6) is 0 Å². The van der Waals surface area contributed by atoms with Crippen LogP contribution in [0.2, 0.25) is 0 Å². The highest BCUT2D eigenvalue weighted by Crippen LogP contribution is 2.13. The fraction of sp³-hybridized carbons (Fsp3) is 0.439. The molecule has 7 heteroatoms. The first kappa shape index (κ1) is 41.9. The zero-order chi connectivity index (χ0) is 35.9. The first-order valence-electron chi connectivity index (χ1n) is 17.2. The van der Waals surface area contributed by atoms with Crippen LogP contribution in [-0.2, 0) is 19.3 Å². The summed E-state index contributed by atoms with van der Waals surface area (Å²) in [6.45, 7) is 22.3. The quantitative estimate of drug-likeness (QED) is 0.163. The maximum atomic E-state index is 13.6. The van der Waals surface area contributed by atoms with Gasteiger partial charge < -0.3 is 9.73 Å². The molecule has 0 atom stereocenters. The molecule has 48 heavy (non-hydrogen) atoms. The molecule has 0 saturated carbocycles. The van der Waals surface area contributed by atoms with Gasteiger partial charge in [0.05, 0.1) is 6.20 Å². The highest BCUT2D eigenvalue weighted by atomic mass is 19.1. The second-order valence-electron chi connectivity index (χ2n) is 11.9. The van der Waals surface area contributed by atoms with Crippen LogP contribution in [0.3, 0.4) is 0 Å². The Hall–Kier alpha value is -4.10. The normalized spacial score (nSPS) is 10.6. The van der Waals surface area contributed by atoms with Crippen molar-refractivity contribution in [2.24, 2.45) is 0 Å². The molecular weight excluding hydrogens is 599 g/mol. The van der Waals surface area contributed by atoms with Crippen molar-refractivity contribution in [1.82, 2.24) is 20.2 Å². The van der Waals surface area contributed by atoms with Crippen LogP contribution in [-0.4, -0.2) is 47.5 Å². The summed E-state index contributed by atoms with van der Waals surface area (Å²) in [7, 11) is 1.64. The van der Waals surface area contributed by atoms with E-state index in [9.17, 15) is 9.18 Å². The SMILES string of the molecule is C/C=C(\C)CN(CCC)CCC.CCc1ncco1.CNC(=O)c1ccc(C)c(C)c1.Cc1ccc(CCc2cccc(C)n2)c(F)c1. The Balaban J connectivity index is 0.000000334. The number of halogens is 1. The van der Waals surface area contributed by atoms with E-state index in [0.29, 0.717) is 6.42 Å². The summed E-state index contributed by atoms with van der Waals surface area (Å²) in [5, 5.41) is 2.59. The van der Waals surface area contributed by atoms with Crippen molar-refractivity contribution in [3.8, 4) is 0 Å². The van der Waals surface area contributed by atoms with Gasteiger partial charge in [-0.25, -0.2) is 9.37 Å². The van der Waals surface area contributed by atoms with Gasteiger partial charge in [0.2, 0.25) is 0 Å². The number of benzene rings is 2. The van der Waals surface area contributed by atoms with E-state index in [1.165, 1.54) is 37.1 Å². The smallest absolute Gasteiger partial charge is 0.251 e. The minimum atomic E-state index is -0.113. The van der Waals surface area contributed by atoms with Crippen molar-refractivity contribution in [2.45, 2.75) is 94.4 Å². The third-order valence-corrected chi connectivity index (χ3v) is 7.63. The minimum Gasteiger partial charge on any atom is -0.449 e. The van der Waals surface area contributed by atoms with E-state index < -0.39 is 0 Å². The van der Waals surface area contributed by atoms with Gasteiger partial charge in [-0.3, -0.25) is 14.7 Å². The van der Waals surface area contributed by atoms with Crippen LogP contribution in [0.15, 0.2) is 83.1 Å². The van der Waals surface area contributed by atoms with Crippen LogP contribution < -0.4 is 5.32 Å². The molecule has 4 rings (SSSR count). The van der Waals surface area contributed by atoms with Gasteiger partial charge in [-0.05, 0) is 133 Å². The Bertz CT molecular complexity index is 1490. The zero-order valence-electron chi connectivity index (χ0n) is 31.1. The summed E-state index contributed by atoms with van der Waals surface area (Å²) in [4.78, 5) is 22.0. The van der Waals surface area contributed by atoms with E-state index in [0.717, 1.165) is 58.9 Å². The van der Waals surface area contributed by atoms with Gasteiger partial charge in [-0.15, -0.1) is 0 Å². The third kappa shape index (κ3) is 17.2. The topological polar surface area (TPSA) is 71.3 Å². The lowest BCUT2D eigenvalue weighted by molar-refractivity contribution is 0.0963. The summed E-state index contributed by atoms with van der Waals surface area (Å²) in [5.41, 5.74) is 8.31. The third-order valence-electron chi connectivity index (χ3n) is 7.63. The molecule has 0 aliphatic rings. The summed E-state index contributed by atoms with van der Waals surface area (Å²) in [6, 6.07) is 17.0. The molecule has 0 bridgehead atoms. The monoisotopic (exact) mass is 658 g/mol. The fourth-order valence-electron chi connectivity index (χ4n) is 4.66. The Kier molecular flexibility index (Phi) is 21.1. The standard InChI is InChI=1S/C15H16FN.C11H23N.C10H13NO.C5H7NO/c1-11-6-7-13(15(16)10-11)8-9-14-5-3-4-12(2)17-14;1-5-8-12(9-6-2)10-11(4)7-3;1-7-4-5-9(6-8(7)2)10(12)11-3;1-2-5-6-3-4-7-5/h3-7,10H,8-9H2,1-2H3;7H,5-6,8-10H2,1-4H3;4-6H,1-3H3,(H,11,12);3-4H,2H2,1H3/b;11-7+;;. The molecule has 0 fully saturated rings. The van der Waals surface area contributed by atoms with Gasteiger partial charge in [0.25, 0.3) is 5.91 Å². The van der Waals surface area contributed by atoms with Crippen LogP contribution in [0.25, 0.3) is 0 Å². The molecule has 4 aromatic rings. The lowest BCUT2D eigenvalue weighted by atomic mass is 10.1. The maximum absolute atomic E-state index is 13.6. The second-order valence-corrected chi connectivity index (χ2v) is 11.9. The largest absolute Gasteiger partial charge is 0.449 e. The number of nitrogens with zero attached hydrogens (tertiary/aromatic N) is 3. The van der Waals surface area contributed by atoms with Gasteiger partial charge in [-0.2, -0.15) is 0 Å². The molecule has 2 heterocycles. The average molecular weight is 659 g/mol. The molecular formula is C41H59FN4O2. The molecule has 262 valence electrons. The number of rotatable bonds is 11. The lowest BCUT2D eigenvalue weighted by Gasteiger charge is -2.20. The first-order chi connectivity index (χ1) is 23.0. The van der Waals surface area contributed by atoms with Gasteiger partial charge in [0, 0.05) is 37.0 Å². The summed E-state index contributed by atoms with van der Waals surface area (Å²) >= 11 is 0. The minimum absolute atomic E-state index is 0.0295. The first-order valence-corrected chi connectivity index (χ1v) is 17.2. The maximum Gasteiger partial charge on any atom is 0.251 e. The Morgan fingerprint density at radius 2 is 1.65 bits per heavy atom.